The van der Waals surface area contributed by atoms with Crippen LogP contribution in [0.5, 0.6) is 0 Å². The first kappa shape index (κ1) is 27.6. The Morgan fingerprint density at radius 3 is 1.19 bits per heavy atom. The van der Waals surface area contributed by atoms with Crippen LogP contribution in [0.2, 0.25) is 0 Å². The predicted octanol–water partition coefficient (Wildman–Crippen LogP) is 9.58. The van der Waals surface area contributed by atoms with Crippen molar-refractivity contribution in [3.63, 3.8) is 0 Å². The molecule has 2 N–H and O–H groups in total. The number of carbonyl (C=O) groups excluding carboxylic acids is 2. The van der Waals surface area contributed by atoms with Gasteiger partial charge in [0.05, 0.1) is 11.4 Å². The van der Waals surface area contributed by atoms with Gasteiger partial charge in [0.25, 0.3) is 0 Å². The zero-order chi connectivity index (χ0) is 28.3. The number of hydrogen-bond acceptors (Lipinski definition) is 4. The minimum Gasteiger partial charge on any atom is -0.325 e. The van der Waals surface area contributed by atoms with Crippen molar-refractivity contribution in [2.75, 3.05) is 10.6 Å². The van der Waals surface area contributed by atoms with E-state index >= 15 is 0 Å². The van der Waals surface area contributed by atoms with Gasteiger partial charge in [-0.2, -0.15) is 0 Å². The third-order valence-electron chi connectivity index (χ3n) is 11.9. The van der Waals surface area contributed by atoms with Crippen LogP contribution in [0.3, 0.4) is 0 Å². The van der Waals surface area contributed by atoms with Crippen LogP contribution in [-0.2, 0) is 9.59 Å². The van der Waals surface area contributed by atoms with Crippen LogP contribution >= 0.6 is 21.6 Å². The van der Waals surface area contributed by atoms with E-state index in [0.717, 1.165) is 56.7 Å². The van der Waals surface area contributed by atoms with E-state index in [-0.39, 0.29) is 22.6 Å². The Hall–Kier alpha value is -1.92. The summed E-state index contributed by atoms with van der Waals surface area (Å²) >= 11 is 0. The fraction of sp³-hybridized carbons (Fsp3) is 0.611. The maximum atomic E-state index is 13.4. The number of benzene rings is 2. The molecule has 0 aliphatic heterocycles. The molecular formula is C36H44N2O2S2. The molecule has 8 fully saturated rings. The third kappa shape index (κ3) is 5.56. The first-order valence-corrected chi connectivity index (χ1v) is 18.7. The van der Waals surface area contributed by atoms with Gasteiger partial charge in [-0.1, -0.05) is 45.9 Å². The van der Waals surface area contributed by atoms with E-state index in [1.165, 1.54) is 77.0 Å². The van der Waals surface area contributed by atoms with Gasteiger partial charge in [0.15, 0.2) is 0 Å². The molecule has 2 aromatic rings. The highest BCUT2D eigenvalue weighted by Gasteiger charge is 2.52. The number of para-hydroxylation sites is 2. The number of nitrogens with one attached hydrogen (secondary N) is 2. The molecule has 0 unspecified atom stereocenters. The van der Waals surface area contributed by atoms with E-state index < -0.39 is 0 Å². The van der Waals surface area contributed by atoms with E-state index in [0.29, 0.717) is 12.8 Å². The lowest BCUT2D eigenvalue weighted by molar-refractivity contribution is -0.125. The SMILES string of the molecule is O=C(CC12CC3CC(CC(C3)C1)C2)Nc1ccccc1SSc1ccccc1NC(=O)CC12CC3CC(CC(C3)C1)C2. The van der Waals surface area contributed by atoms with Crippen LogP contribution in [0.1, 0.15) is 89.9 Å². The Morgan fingerprint density at radius 1 is 0.548 bits per heavy atom. The molecule has 2 amide bonds. The number of carbonyl (C=O) groups is 2. The van der Waals surface area contributed by atoms with Crippen molar-refractivity contribution in [2.24, 2.45) is 46.3 Å². The summed E-state index contributed by atoms with van der Waals surface area (Å²) in [5, 5.41) is 6.60. The molecule has 0 spiro atoms. The second kappa shape index (κ2) is 10.9. The largest absolute Gasteiger partial charge is 0.325 e. The Kier molecular flexibility index (Phi) is 7.17. The predicted molar refractivity (Wildman–Crippen MR) is 172 cm³/mol. The van der Waals surface area contributed by atoms with Crippen LogP contribution in [0.4, 0.5) is 11.4 Å². The lowest BCUT2D eigenvalue weighted by Gasteiger charge is -2.56. The highest BCUT2D eigenvalue weighted by Crippen LogP contribution is 2.62. The van der Waals surface area contributed by atoms with E-state index in [9.17, 15) is 9.59 Å². The lowest BCUT2D eigenvalue weighted by atomic mass is 9.49. The zero-order valence-electron chi connectivity index (χ0n) is 24.6. The average Bonchev–Trinajstić information content (AvgIpc) is 2.91. The zero-order valence-corrected chi connectivity index (χ0v) is 26.2. The summed E-state index contributed by atoms with van der Waals surface area (Å²) in [6.45, 7) is 0. The standard InChI is InChI=1S/C36H44N2O2S2/c39-33(21-35-15-23-9-24(16-35)11-25(10-23)17-35)37-29-5-1-3-7-31(29)41-42-32-8-4-2-6-30(32)38-34(40)22-36-18-26-12-27(19-36)14-28(13-26)20-36/h1-8,23-28H,9-22H2,(H,37,39)(H,38,40). The first-order chi connectivity index (χ1) is 20.4. The van der Waals surface area contributed by atoms with Crippen molar-refractivity contribution in [2.45, 2.75) is 99.7 Å². The van der Waals surface area contributed by atoms with Crippen LogP contribution < -0.4 is 10.6 Å². The van der Waals surface area contributed by atoms with Crippen LogP contribution in [0.15, 0.2) is 58.3 Å². The van der Waals surface area contributed by atoms with Crippen molar-refractivity contribution in [1.82, 2.24) is 0 Å². The van der Waals surface area contributed by atoms with E-state index in [1.807, 2.05) is 36.4 Å². The third-order valence-corrected chi connectivity index (χ3v) is 14.4. The minimum atomic E-state index is 0.173. The van der Waals surface area contributed by atoms with Crippen molar-refractivity contribution >= 4 is 44.8 Å². The van der Waals surface area contributed by atoms with Gasteiger partial charge in [-0.15, -0.1) is 0 Å². The van der Waals surface area contributed by atoms with E-state index in [1.54, 1.807) is 21.6 Å². The van der Waals surface area contributed by atoms with Crippen molar-refractivity contribution in [3.8, 4) is 0 Å². The Balaban J connectivity index is 0.902. The molecule has 0 aromatic heterocycles. The maximum absolute atomic E-state index is 13.4. The molecule has 0 saturated heterocycles. The number of anilines is 2. The molecule has 222 valence electrons. The monoisotopic (exact) mass is 600 g/mol. The van der Waals surface area contributed by atoms with Gasteiger partial charge < -0.3 is 10.6 Å². The van der Waals surface area contributed by atoms with Crippen molar-refractivity contribution in [1.29, 1.82) is 0 Å². The van der Waals surface area contributed by atoms with Gasteiger partial charge in [-0.3, -0.25) is 9.59 Å². The second-order valence-electron chi connectivity index (χ2n) is 15.4. The van der Waals surface area contributed by atoms with Crippen LogP contribution in [0.25, 0.3) is 0 Å². The molecule has 0 radical (unpaired) electrons. The fourth-order valence-electron chi connectivity index (χ4n) is 11.5. The molecule has 4 nitrogen and oxygen atoms in total. The summed E-state index contributed by atoms with van der Waals surface area (Å²) in [4.78, 5) is 28.9. The Morgan fingerprint density at radius 2 is 0.857 bits per heavy atom. The normalized spacial score (nSPS) is 37.1. The van der Waals surface area contributed by atoms with Crippen LogP contribution in [-0.4, -0.2) is 11.8 Å². The summed E-state index contributed by atoms with van der Waals surface area (Å²) in [6.07, 6.45) is 17.3. The van der Waals surface area contributed by atoms with Gasteiger partial charge in [-0.05, 0) is 148 Å². The molecular weight excluding hydrogens is 557 g/mol. The number of amides is 2. The van der Waals surface area contributed by atoms with E-state index in [2.05, 4.69) is 22.8 Å². The number of rotatable bonds is 9. The molecule has 0 atom stereocenters. The van der Waals surface area contributed by atoms with Gasteiger partial charge in [0.2, 0.25) is 11.8 Å². The highest BCUT2D eigenvalue weighted by atomic mass is 33.1. The molecule has 8 saturated carbocycles. The highest BCUT2D eigenvalue weighted by molar-refractivity contribution is 8.76. The topological polar surface area (TPSA) is 58.2 Å². The quantitative estimate of drug-likeness (QED) is 0.281. The summed E-state index contributed by atoms with van der Waals surface area (Å²) < 4.78 is 0. The second-order valence-corrected chi connectivity index (χ2v) is 17.7. The molecule has 42 heavy (non-hydrogen) atoms. The lowest BCUT2D eigenvalue weighted by Crippen LogP contribution is -2.47. The summed E-state index contributed by atoms with van der Waals surface area (Å²) in [5.74, 6) is 5.49. The van der Waals surface area contributed by atoms with Gasteiger partial charge in [-0.25, -0.2) is 0 Å². The van der Waals surface area contributed by atoms with Crippen LogP contribution in [0, 0.1) is 46.3 Å². The average molecular weight is 601 g/mol. The van der Waals surface area contributed by atoms with Gasteiger partial charge in [0.1, 0.15) is 0 Å². The van der Waals surface area contributed by atoms with Gasteiger partial charge in [0, 0.05) is 22.6 Å². The van der Waals surface area contributed by atoms with Crippen molar-refractivity contribution in [3.05, 3.63) is 48.5 Å². The molecule has 8 bridgehead atoms. The molecule has 0 heterocycles. The molecule has 8 aliphatic carbocycles. The summed E-state index contributed by atoms with van der Waals surface area (Å²) in [6, 6.07) is 16.3. The first-order valence-electron chi connectivity index (χ1n) is 16.5. The smallest absolute Gasteiger partial charge is 0.224 e. The fourth-order valence-corrected chi connectivity index (χ4v) is 13.7. The molecule has 2 aromatic carbocycles. The van der Waals surface area contributed by atoms with Gasteiger partial charge >= 0.3 is 0 Å². The Labute approximate surface area is 258 Å². The Bertz CT molecular complexity index is 1200. The molecule has 6 heteroatoms. The summed E-state index contributed by atoms with van der Waals surface area (Å²) in [7, 11) is 3.32. The van der Waals surface area contributed by atoms with Crippen molar-refractivity contribution < 1.29 is 9.59 Å². The minimum absolute atomic E-state index is 0.173. The molecule has 8 aliphatic rings. The van der Waals surface area contributed by atoms with E-state index in [4.69, 9.17) is 0 Å². The summed E-state index contributed by atoms with van der Waals surface area (Å²) in [5.41, 5.74) is 2.27. The maximum Gasteiger partial charge on any atom is 0.224 e. The number of hydrogen-bond donors (Lipinski definition) is 2. The molecule has 10 rings (SSSR count).